The Kier molecular flexibility index (Phi) is 3.18. The van der Waals surface area contributed by atoms with Crippen molar-refractivity contribution < 1.29 is 23.8 Å². The number of ether oxygens (including phenoxy) is 3. The van der Waals surface area contributed by atoms with Crippen molar-refractivity contribution in [1.29, 1.82) is 0 Å². The van der Waals surface area contributed by atoms with Gasteiger partial charge in [-0.05, 0) is 50.4 Å². The molecule has 3 fully saturated rings. The highest BCUT2D eigenvalue weighted by molar-refractivity contribution is 5.66. The number of hydrogen-bond donors (Lipinski definition) is 0. The summed E-state index contributed by atoms with van der Waals surface area (Å²) in [6.45, 7) is 1.46. The van der Waals surface area contributed by atoms with Crippen molar-refractivity contribution in [2.24, 2.45) is 11.8 Å². The molecule has 0 aromatic rings. The topological polar surface area (TPSA) is 61.8 Å². The maximum atomic E-state index is 11.6. The quantitative estimate of drug-likeness (QED) is 0.729. The summed E-state index contributed by atoms with van der Waals surface area (Å²) in [5.74, 6) is 0.945. The summed E-state index contributed by atoms with van der Waals surface area (Å²) in [6, 6.07) is 0. The van der Waals surface area contributed by atoms with Crippen LogP contribution in [0.15, 0.2) is 0 Å². The lowest BCUT2D eigenvalue weighted by molar-refractivity contribution is -0.207. The van der Waals surface area contributed by atoms with Gasteiger partial charge in [0.25, 0.3) is 0 Å². The Bertz CT molecular complexity index is 434. The van der Waals surface area contributed by atoms with Gasteiger partial charge in [-0.3, -0.25) is 4.79 Å². The fourth-order valence-electron chi connectivity index (χ4n) is 4.77. The number of rotatable bonds is 2. The van der Waals surface area contributed by atoms with Gasteiger partial charge in [0.1, 0.15) is 11.2 Å². The Hall–Kier alpha value is -1.26. The Morgan fingerprint density at radius 3 is 2.15 bits per heavy atom. The highest BCUT2D eigenvalue weighted by atomic mass is 16.7. The van der Waals surface area contributed by atoms with Crippen LogP contribution >= 0.6 is 0 Å². The molecule has 3 bridgehead atoms. The SMILES string of the molecule is COC(=O)OC12CCC3CCC(OC(C)=O)(CC3C1)C2. The number of carbonyl (C=O) groups excluding carboxylic acids is 2. The third-order valence-electron chi connectivity index (χ3n) is 5.35. The maximum absolute atomic E-state index is 11.6. The van der Waals surface area contributed by atoms with E-state index in [2.05, 4.69) is 4.74 Å². The van der Waals surface area contributed by atoms with E-state index in [4.69, 9.17) is 9.47 Å². The van der Waals surface area contributed by atoms with Gasteiger partial charge in [0.15, 0.2) is 0 Å². The average Bonchev–Trinajstić information content (AvgIpc) is 2.35. The summed E-state index contributed by atoms with van der Waals surface area (Å²) in [6.07, 6.45) is 5.76. The minimum absolute atomic E-state index is 0.239. The Morgan fingerprint density at radius 1 is 1.00 bits per heavy atom. The van der Waals surface area contributed by atoms with E-state index in [0.29, 0.717) is 18.3 Å². The molecule has 0 saturated heterocycles. The van der Waals surface area contributed by atoms with Crippen molar-refractivity contribution in [1.82, 2.24) is 0 Å². The van der Waals surface area contributed by atoms with Crippen LogP contribution in [0.2, 0.25) is 0 Å². The van der Waals surface area contributed by atoms with Crippen LogP contribution in [-0.4, -0.2) is 30.4 Å². The minimum Gasteiger partial charge on any atom is -0.459 e. The van der Waals surface area contributed by atoms with Crippen molar-refractivity contribution in [3.8, 4) is 0 Å². The molecule has 5 nitrogen and oxygen atoms in total. The summed E-state index contributed by atoms with van der Waals surface area (Å²) in [7, 11) is 1.33. The molecule has 0 amide bonds. The van der Waals surface area contributed by atoms with Gasteiger partial charge in [-0.25, -0.2) is 4.79 Å². The van der Waals surface area contributed by atoms with E-state index < -0.39 is 17.4 Å². The Balaban J connectivity index is 1.86. The smallest absolute Gasteiger partial charge is 0.459 e. The summed E-state index contributed by atoms with van der Waals surface area (Å²) in [4.78, 5) is 23.0. The highest BCUT2D eigenvalue weighted by Crippen LogP contribution is 2.58. The van der Waals surface area contributed by atoms with Gasteiger partial charge in [-0.1, -0.05) is 0 Å². The van der Waals surface area contributed by atoms with Crippen LogP contribution in [0.25, 0.3) is 0 Å². The number of esters is 1. The zero-order valence-electron chi connectivity index (χ0n) is 12.1. The largest absolute Gasteiger partial charge is 0.508 e. The molecule has 0 radical (unpaired) electrons. The zero-order chi connectivity index (χ0) is 14.4. The van der Waals surface area contributed by atoms with Crippen LogP contribution in [-0.2, 0) is 19.0 Å². The van der Waals surface area contributed by atoms with Crippen molar-refractivity contribution >= 4 is 12.1 Å². The molecule has 5 heteroatoms. The number of methoxy groups -OCH3 is 1. The van der Waals surface area contributed by atoms with Gasteiger partial charge < -0.3 is 14.2 Å². The van der Waals surface area contributed by atoms with E-state index in [9.17, 15) is 9.59 Å². The van der Waals surface area contributed by atoms with Crippen LogP contribution in [0.4, 0.5) is 4.79 Å². The van der Waals surface area contributed by atoms with E-state index in [1.165, 1.54) is 14.0 Å². The molecule has 3 aliphatic rings. The first-order valence-electron chi connectivity index (χ1n) is 7.42. The first-order valence-corrected chi connectivity index (χ1v) is 7.42. The lowest BCUT2D eigenvalue weighted by atomic mass is 9.54. The zero-order valence-corrected chi connectivity index (χ0v) is 12.1. The molecular weight excluding hydrogens is 260 g/mol. The molecule has 0 aliphatic heterocycles. The van der Waals surface area contributed by atoms with Crippen molar-refractivity contribution in [2.45, 2.75) is 63.1 Å². The molecule has 3 saturated carbocycles. The van der Waals surface area contributed by atoms with E-state index in [-0.39, 0.29) is 5.97 Å². The molecule has 4 unspecified atom stereocenters. The lowest BCUT2D eigenvalue weighted by Gasteiger charge is -2.57. The van der Waals surface area contributed by atoms with Crippen molar-refractivity contribution in [3.63, 3.8) is 0 Å². The normalized spacial score (nSPS) is 41.9. The second-order valence-electron chi connectivity index (χ2n) is 6.70. The second-order valence-corrected chi connectivity index (χ2v) is 6.70. The Morgan fingerprint density at radius 2 is 1.60 bits per heavy atom. The molecule has 3 rings (SSSR count). The van der Waals surface area contributed by atoms with Crippen LogP contribution in [0.1, 0.15) is 51.9 Å². The van der Waals surface area contributed by atoms with Crippen LogP contribution in [0, 0.1) is 11.8 Å². The standard InChI is InChI=1S/C15H22O5/c1-10(16)19-14-5-3-11-4-6-15(9-14,8-12(11)7-14)20-13(17)18-2/h11-12H,3-9H2,1-2H3. The van der Waals surface area contributed by atoms with E-state index in [0.717, 1.165) is 38.5 Å². The molecule has 0 heterocycles. The predicted octanol–water partition coefficient (Wildman–Crippen LogP) is 2.81. The summed E-state index contributed by atoms with van der Waals surface area (Å²) in [5, 5.41) is 0. The first kappa shape index (κ1) is 13.7. The predicted molar refractivity (Wildman–Crippen MR) is 70.0 cm³/mol. The van der Waals surface area contributed by atoms with E-state index in [1.54, 1.807) is 0 Å². The Labute approximate surface area is 118 Å². The van der Waals surface area contributed by atoms with Gasteiger partial charge in [0, 0.05) is 13.3 Å². The third kappa shape index (κ3) is 2.27. The molecule has 0 N–H and O–H groups in total. The fourth-order valence-corrected chi connectivity index (χ4v) is 4.77. The van der Waals surface area contributed by atoms with Gasteiger partial charge >= 0.3 is 12.1 Å². The molecule has 3 aliphatic carbocycles. The maximum Gasteiger partial charge on any atom is 0.508 e. The first-order chi connectivity index (χ1) is 9.46. The molecule has 4 atom stereocenters. The lowest BCUT2D eigenvalue weighted by Crippen LogP contribution is -2.59. The number of carbonyl (C=O) groups is 2. The molecule has 0 aromatic heterocycles. The fraction of sp³-hybridized carbons (Fsp3) is 0.867. The van der Waals surface area contributed by atoms with E-state index in [1.807, 2.05) is 0 Å². The van der Waals surface area contributed by atoms with Crippen LogP contribution in [0.5, 0.6) is 0 Å². The van der Waals surface area contributed by atoms with Crippen molar-refractivity contribution in [2.75, 3.05) is 7.11 Å². The molecule has 0 spiro atoms. The molecular formula is C15H22O5. The molecule has 0 aromatic carbocycles. The van der Waals surface area contributed by atoms with Gasteiger partial charge in [-0.2, -0.15) is 0 Å². The van der Waals surface area contributed by atoms with Crippen LogP contribution < -0.4 is 0 Å². The van der Waals surface area contributed by atoms with Gasteiger partial charge in [-0.15, -0.1) is 0 Å². The summed E-state index contributed by atoms with van der Waals surface area (Å²) < 4.78 is 15.9. The van der Waals surface area contributed by atoms with Crippen molar-refractivity contribution in [3.05, 3.63) is 0 Å². The summed E-state index contributed by atoms with van der Waals surface area (Å²) in [5.41, 5.74) is -0.929. The second kappa shape index (κ2) is 4.64. The monoisotopic (exact) mass is 282 g/mol. The van der Waals surface area contributed by atoms with Gasteiger partial charge in [0.05, 0.1) is 7.11 Å². The van der Waals surface area contributed by atoms with Crippen LogP contribution in [0.3, 0.4) is 0 Å². The van der Waals surface area contributed by atoms with Gasteiger partial charge in [0.2, 0.25) is 0 Å². The average molecular weight is 282 g/mol. The minimum atomic E-state index is -0.624. The number of hydrogen-bond acceptors (Lipinski definition) is 5. The van der Waals surface area contributed by atoms with E-state index >= 15 is 0 Å². The molecule has 112 valence electrons. The highest BCUT2D eigenvalue weighted by Gasteiger charge is 2.59. The summed E-state index contributed by atoms with van der Waals surface area (Å²) >= 11 is 0. The number of fused-ring (bicyclic) bond motifs is 2. The third-order valence-corrected chi connectivity index (χ3v) is 5.35. The molecule has 20 heavy (non-hydrogen) atoms.